The van der Waals surface area contributed by atoms with Crippen molar-refractivity contribution in [2.75, 3.05) is 32.0 Å². The van der Waals surface area contributed by atoms with Gasteiger partial charge in [-0.25, -0.2) is 9.59 Å². The summed E-state index contributed by atoms with van der Waals surface area (Å²) < 4.78 is 11.6. The van der Waals surface area contributed by atoms with E-state index in [-0.39, 0.29) is 13.2 Å². The topological polar surface area (TPSA) is 120 Å². The molecular formula is C29H36N4O4. The molecule has 37 heavy (non-hydrogen) atoms. The molecule has 0 saturated carbocycles. The van der Waals surface area contributed by atoms with E-state index in [4.69, 9.17) is 20.9 Å². The summed E-state index contributed by atoms with van der Waals surface area (Å²) in [7, 11) is 0. The van der Waals surface area contributed by atoms with Gasteiger partial charge in [0.15, 0.2) is 0 Å². The van der Waals surface area contributed by atoms with Gasteiger partial charge in [-0.15, -0.1) is 0 Å². The molecule has 2 unspecified atom stereocenters. The lowest BCUT2D eigenvalue weighted by Crippen LogP contribution is -2.39. The number of nitrogen functional groups attached to an aromatic ring is 1. The van der Waals surface area contributed by atoms with Crippen molar-refractivity contribution in [1.82, 2.24) is 10.2 Å². The predicted octanol–water partition coefficient (Wildman–Crippen LogP) is 3.21. The van der Waals surface area contributed by atoms with Crippen LogP contribution in [0.25, 0.3) is 0 Å². The summed E-state index contributed by atoms with van der Waals surface area (Å²) in [6.45, 7) is 8.11. The molecule has 0 aliphatic carbocycles. The molecular weight excluding hydrogens is 468 g/mol. The van der Waals surface area contributed by atoms with Crippen LogP contribution in [0.4, 0.5) is 5.69 Å². The van der Waals surface area contributed by atoms with Gasteiger partial charge < -0.3 is 26.3 Å². The van der Waals surface area contributed by atoms with Crippen molar-refractivity contribution < 1.29 is 19.1 Å². The number of nitrogens with zero attached hydrogens (tertiary/aromatic N) is 1. The van der Waals surface area contributed by atoms with Gasteiger partial charge in [0.1, 0.15) is 12.2 Å². The Morgan fingerprint density at radius 1 is 1.05 bits per heavy atom. The second-order valence-electron chi connectivity index (χ2n) is 10.0. The van der Waals surface area contributed by atoms with Gasteiger partial charge in [-0.3, -0.25) is 4.90 Å². The fourth-order valence-electron chi connectivity index (χ4n) is 5.20. The summed E-state index contributed by atoms with van der Waals surface area (Å²) >= 11 is 0. The van der Waals surface area contributed by atoms with Gasteiger partial charge >= 0.3 is 11.9 Å². The van der Waals surface area contributed by atoms with Crippen molar-refractivity contribution in [2.24, 2.45) is 5.73 Å². The third-order valence-electron chi connectivity index (χ3n) is 6.90. The zero-order valence-electron chi connectivity index (χ0n) is 21.8. The highest BCUT2D eigenvalue weighted by Gasteiger charge is 2.42. The van der Waals surface area contributed by atoms with E-state index in [0.717, 1.165) is 13.1 Å². The van der Waals surface area contributed by atoms with E-state index in [1.54, 1.807) is 19.1 Å². The quantitative estimate of drug-likeness (QED) is 0.370. The van der Waals surface area contributed by atoms with Crippen molar-refractivity contribution in [3.63, 3.8) is 0 Å². The first-order valence-electron chi connectivity index (χ1n) is 12.6. The molecule has 8 nitrogen and oxygen atoms in total. The van der Waals surface area contributed by atoms with E-state index in [1.165, 1.54) is 5.56 Å². The predicted molar refractivity (Wildman–Crippen MR) is 143 cm³/mol. The summed E-state index contributed by atoms with van der Waals surface area (Å²) in [5.74, 6) is -1.67. The number of anilines is 1. The molecule has 0 bridgehead atoms. The van der Waals surface area contributed by atoms with Crippen LogP contribution in [0.2, 0.25) is 0 Å². The Morgan fingerprint density at radius 2 is 1.76 bits per heavy atom. The van der Waals surface area contributed by atoms with Crippen molar-refractivity contribution in [1.29, 1.82) is 0 Å². The van der Waals surface area contributed by atoms with Gasteiger partial charge in [0.05, 0.1) is 17.1 Å². The summed E-state index contributed by atoms with van der Waals surface area (Å²) in [5.41, 5.74) is 15.4. The Kier molecular flexibility index (Phi) is 8.00. The zero-order chi connectivity index (χ0) is 26.6. The highest BCUT2D eigenvalue weighted by atomic mass is 16.6. The normalized spacial score (nSPS) is 22.1. The molecule has 0 amide bonds. The number of likely N-dealkylation sites (tertiary alicyclic amines) is 1. The number of nitrogens with one attached hydrogen (secondary N) is 1. The first-order valence-corrected chi connectivity index (χ1v) is 12.6. The molecule has 1 fully saturated rings. The second kappa shape index (κ2) is 11.2. The molecule has 0 radical (unpaired) electrons. The van der Waals surface area contributed by atoms with E-state index in [2.05, 4.69) is 22.3 Å². The molecule has 2 heterocycles. The van der Waals surface area contributed by atoms with E-state index in [0.29, 0.717) is 46.8 Å². The van der Waals surface area contributed by atoms with Gasteiger partial charge in [-0.2, -0.15) is 0 Å². The number of rotatable bonds is 8. The number of ether oxygens (including phenoxy) is 2. The lowest BCUT2D eigenvalue weighted by Gasteiger charge is -2.33. The van der Waals surface area contributed by atoms with Crippen LogP contribution in [0, 0.1) is 0 Å². The second-order valence-corrected chi connectivity index (χ2v) is 10.0. The number of allylic oxidation sites excluding steroid dienone is 2. The number of carbonyl (C=O) groups excluding carboxylic acids is 2. The lowest BCUT2D eigenvalue weighted by atomic mass is 9.80. The maximum atomic E-state index is 13.8. The maximum Gasteiger partial charge on any atom is 0.337 e. The molecule has 196 valence electrons. The van der Waals surface area contributed by atoms with Crippen molar-refractivity contribution in [2.45, 2.75) is 45.3 Å². The van der Waals surface area contributed by atoms with E-state index >= 15 is 0 Å². The summed E-state index contributed by atoms with van der Waals surface area (Å²) in [6, 6.07) is 17.5. The number of esters is 2. The Balaban J connectivity index is 1.61. The molecule has 2 aromatic carbocycles. The number of carbonyl (C=O) groups is 2. The van der Waals surface area contributed by atoms with Crippen LogP contribution < -0.4 is 16.8 Å². The average Bonchev–Trinajstić information content (AvgIpc) is 3.22. The molecule has 2 aromatic rings. The minimum Gasteiger partial charge on any atom is -0.461 e. The van der Waals surface area contributed by atoms with E-state index in [9.17, 15) is 9.59 Å². The molecule has 0 aromatic heterocycles. The summed E-state index contributed by atoms with van der Waals surface area (Å²) in [6.07, 6.45) is 0.717. The highest BCUT2D eigenvalue weighted by molar-refractivity contribution is 6.00. The number of dihydropyridines is 1. The number of nitrogens with two attached hydrogens (primary N) is 2. The van der Waals surface area contributed by atoms with Gasteiger partial charge in [-0.1, -0.05) is 42.5 Å². The van der Waals surface area contributed by atoms with Crippen LogP contribution in [-0.2, 0) is 25.6 Å². The van der Waals surface area contributed by atoms with Crippen molar-refractivity contribution in [3.05, 3.63) is 88.3 Å². The Bertz CT molecular complexity index is 1220. The molecule has 0 spiro atoms. The summed E-state index contributed by atoms with van der Waals surface area (Å²) in [4.78, 5) is 29.3. The number of hydrogen-bond donors (Lipinski definition) is 3. The smallest absolute Gasteiger partial charge is 0.337 e. The minimum absolute atomic E-state index is 0.0804. The molecule has 4 rings (SSSR count). The van der Waals surface area contributed by atoms with E-state index < -0.39 is 23.5 Å². The fraction of sp³-hybridized carbons (Fsp3) is 0.379. The molecule has 8 heteroatoms. The van der Waals surface area contributed by atoms with Gasteiger partial charge in [0.2, 0.25) is 0 Å². The minimum atomic E-state index is -0.687. The number of benzene rings is 2. The molecule has 5 N–H and O–H groups in total. The standard InChI is InChI=1S/C29H36N4O4/c1-19-24(27(34)36-15-13-30)26(22-10-7-11-23(31)16-22)25(20(2)32-19)28(35)37-29(3)12-14-33(18-29)17-21-8-5-4-6-9-21/h4-11,16,26,32H,12-15,17-18,30-31H2,1-3H3. The van der Waals surface area contributed by atoms with Gasteiger partial charge in [0.25, 0.3) is 0 Å². The third kappa shape index (κ3) is 6.03. The van der Waals surface area contributed by atoms with Crippen molar-refractivity contribution >= 4 is 17.6 Å². The van der Waals surface area contributed by atoms with Crippen LogP contribution >= 0.6 is 0 Å². The lowest BCUT2D eigenvalue weighted by molar-refractivity contribution is -0.152. The van der Waals surface area contributed by atoms with Crippen LogP contribution in [0.15, 0.2) is 77.1 Å². The third-order valence-corrected chi connectivity index (χ3v) is 6.90. The maximum absolute atomic E-state index is 13.8. The van der Waals surface area contributed by atoms with Gasteiger partial charge in [-0.05, 0) is 44.0 Å². The largest absolute Gasteiger partial charge is 0.461 e. The molecule has 2 aliphatic heterocycles. The first kappa shape index (κ1) is 26.4. The van der Waals surface area contributed by atoms with Crippen LogP contribution in [0.5, 0.6) is 0 Å². The van der Waals surface area contributed by atoms with Crippen LogP contribution in [0.1, 0.15) is 44.2 Å². The molecule has 1 saturated heterocycles. The first-order chi connectivity index (χ1) is 17.7. The molecule has 2 atom stereocenters. The zero-order valence-corrected chi connectivity index (χ0v) is 21.8. The van der Waals surface area contributed by atoms with Crippen LogP contribution in [0.3, 0.4) is 0 Å². The van der Waals surface area contributed by atoms with Gasteiger partial charge in [0, 0.05) is 49.7 Å². The molecule has 2 aliphatic rings. The monoisotopic (exact) mass is 504 g/mol. The fourth-order valence-corrected chi connectivity index (χ4v) is 5.20. The number of hydrogen-bond acceptors (Lipinski definition) is 8. The Hall–Kier alpha value is -3.62. The highest BCUT2D eigenvalue weighted by Crippen LogP contribution is 2.41. The SMILES string of the molecule is CC1=C(C(=O)OCCN)C(c2cccc(N)c2)C(C(=O)OC2(C)CCN(Cc3ccccc3)C2)=C(C)N1. The average molecular weight is 505 g/mol. The Labute approximate surface area is 218 Å². The van der Waals surface area contributed by atoms with Crippen LogP contribution in [-0.4, -0.2) is 48.7 Å². The Morgan fingerprint density at radius 3 is 2.43 bits per heavy atom. The summed E-state index contributed by atoms with van der Waals surface area (Å²) in [5, 5.41) is 3.20. The van der Waals surface area contributed by atoms with E-state index in [1.807, 2.05) is 44.2 Å². The van der Waals surface area contributed by atoms with Crippen molar-refractivity contribution in [3.8, 4) is 0 Å².